The van der Waals surface area contributed by atoms with Crippen LogP contribution in [0.15, 0.2) is 12.2 Å². The van der Waals surface area contributed by atoms with Crippen LogP contribution in [-0.2, 0) is 0 Å². The molecule has 2 bridgehead atoms. The molecule has 0 radical (unpaired) electrons. The molecule has 0 spiro atoms. The fraction of sp³-hybridized carbons (Fsp3) is 0.882. The van der Waals surface area contributed by atoms with E-state index < -0.39 is 0 Å². The largest absolute Gasteiger partial charge is 0.305 e. The Morgan fingerprint density at radius 2 is 1.78 bits per heavy atom. The van der Waals surface area contributed by atoms with Crippen molar-refractivity contribution in [1.82, 2.24) is 5.32 Å². The van der Waals surface area contributed by atoms with E-state index in [0.29, 0.717) is 11.6 Å². The number of rotatable bonds is 2. The normalized spacial score (nSPS) is 48.1. The number of hydrogen-bond donors (Lipinski definition) is 1. The summed E-state index contributed by atoms with van der Waals surface area (Å²) >= 11 is 0. The third-order valence-corrected chi connectivity index (χ3v) is 5.38. The van der Waals surface area contributed by atoms with Crippen molar-refractivity contribution in [2.75, 3.05) is 0 Å². The summed E-state index contributed by atoms with van der Waals surface area (Å²) in [5.74, 6) is 2.85. The molecular formula is C17H29N. The van der Waals surface area contributed by atoms with Crippen LogP contribution in [0.2, 0.25) is 0 Å². The molecule has 0 aromatic heterocycles. The lowest BCUT2D eigenvalue weighted by Gasteiger charge is -2.52. The van der Waals surface area contributed by atoms with Crippen LogP contribution in [0.25, 0.3) is 0 Å². The van der Waals surface area contributed by atoms with Gasteiger partial charge in [0.25, 0.3) is 0 Å². The standard InChI is InChI=1S/C17H29N/c1-13-8-15-9-14(2)11-17(10-13,12-15)18-16-6-4-3-5-7-16/h4,6,13-16,18H,3,5,7-12H2,1-2H3. The zero-order valence-electron chi connectivity index (χ0n) is 12.1. The van der Waals surface area contributed by atoms with E-state index in [2.05, 4.69) is 31.3 Å². The lowest BCUT2D eigenvalue weighted by molar-refractivity contribution is 0.0494. The lowest BCUT2D eigenvalue weighted by Crippen LogP contribution is -2.57. The van der Waals surface area contributed by atoms with Gasteiger partial charge in [0, 0.05) is 11.6 Å². The van der Waals surface area contributed by atoms with Gasteiger partial charge in [-0.15, -0.1) is 0 Å². The van der Waals surface area contributed by atoms with E-state index in [0.717, 1.165) is 17.8 Å². The first kappa shape index (κ1) is 12.7. The van der Waals surface area contributed by atoms with Crippen LogP contribution in [-0.4, -0.2) is 11.6 Å². The number of allylic oxidation sites excluding steroid dienone is 1. The Morgan fingerprint density at radius 3 is 2.39 bits per heavy atom. The van der Waals surface area contributed by atoms with Crippen LogP contribution >= 0.6 is 0 Å². The molecule has 1 heteroatoms. The van der Waals surface area contributed by atoms with E-state index in [1.54, 1.807) is 0 Å². The molecule has 0 amide bonds. The molecule has 0 aliphatic heterocycles. The zero-order valence-corrected chi connectivity index (χ0v) is 12.1. The molecule has 0 aromatic rings. The summed E-state index contributed by atoms with van der Waals surface area (Å²) in [6, 6.07) is 0.662. The number of nitrogens with one attached hydrogen (secondary N) is 1. The van der Waals surface area contributed by atoms with Gasteiger partial charge in [-0.2, -0.15) is 0 Å². The van der Waals surface area contributed by atoms with Gasteiger partial charge >= 0.3 is 0 Å². The molecule has 3 rings (SSSR count). The number of fused-ring (bicyclic) bond motifs is 2. The second-order valence-corrected chi connectivity index (χ2v) is 7.55. The van der Waals surface area contributed by atoms with E-state index in [-0.39, 0.29) is 0 Å². The highest BCUT2D eigenvalue weighted by atomic mass is 15.0. The summed E-state index contributed by atoms with van der Waals surface area (Å²) in [5.41, 5.74) is 0.479. The summed E-state index contributed by atoms with van der Waals surface area (Å²) in [4.78, 5) is 0. The molecule has 2 fully saturated rings. The smallest absolute Gasteiger partial charge is 0.0255 e. The van der Waals surface area contributed by atoms with Crippen molar-refractivity contribution < 1.29 is 0 Å². The Kier molecular flexibility index (Phi) is 3.53. The zero-order chi connectivity index (χ0) is 12.6. The van der Waals surface area contributed by atoms with Gasteiger partial charge in [-0.05, 0) is 69.1 Å². The molecule has 1 nitrogen and oxygen atoms in total. The molecule has 3 unspecified atom stereocenters. The first-order chi connectivity index (χ1) is 8.65. The van der Waals surface area contributed by atoms with Crippen LogP contribution in [0.1, 0.15) is 65.2 Å². The van der Waals surface area contributed by atoms with E-state index >= 15 is 0 Å². The third-order valence-electron chi connectivity index (χ3n) is 5.38. The highest BCUT2D eigenvalue weighted by Crippen LogP contribution is 2.47. The lowest BCUT2D eigenvalue weighted by atomic mass is 9.61. The van der Waals surface area contributed by atoms with Crippen molar-refractivity contribution in [3.63, 3.8) is 0 Å². The molecule has 2 saturated carbocycles. The fourth-order valence-electron chi connectivity index (χ4n) is 5.21. The van der Waals surface area contributed by atoms with Gasteiger partial charge in [-0.1, -0.05) is 26.0 Å². The first-order valence-corrected chi connectivity index (χ1v) is 8.09. The maximum Gasteiger partial charge on any atom is 0.0255 e. The predicted molar refractivity (Wildman–Crippen MR) is 77.5 cm³/mol. The quantitative estimate of drug-likeness (QED) is 0.718. The second kappa shape index (κ2) is 5.00. The van der Waals surface area contributed by atoms with E-state index in [4.69, 9.17) is 0 Å². The van der Waals surface area contributed by atoms with Gasteiger partial charge in [0.15, 0.2) is 0 Å². The van der Waals surface area contributed by atoms with Crippen molar-refractivity contribution >= 4 is 0 Å². The summed E-state index contributed by atoms with van der Waals surface area (Å²) in [7, 11) is 0. The molecule has 18 heavy (non-hydrogen) atoms. The summed E-state index contributed by atoms with van der Waals surface area (Å²) in [6.07, 6.45) is 16.1. The van der Waals surface area contributed by atoms with Gasteiger partial charge in [-0.3, -0.25) is 0 Å². The molecule has 3 atom stereocenters. The number of hydrogen-bond acceptors (Lipinski definition) is 1. The Hall–Kier alpha value is -0.300. The van der Waals surface area contributed by atoms with Crippen LogP contribution in [0.4, 0.5) is 0 Å². The average Bonchev–Trinajstić information content (AvgIpc) is 2.27. The van der Waals surface area contributed by atoms with E-state index in [9.17, 15) is 0 Å². The Bertz CT molecular complexity index is 300. The van der Waals surface area contributed by atoms with Gasteiger partial charge in [0.05, 0.1) is 0 Å². The molecule has 102 valence electrons. The third kappa shape index (κ3) is 2.66. The van der Waals surface area contributed by atoms with Crippen LogP contribution in [0.3, 0.4) is 0 Å². The molecule has 0 saturated heterocycles. The molecule has 3 aliphatic rings. The summed E-state index contributed by atoms with van der Waals surface area (Å²) < 4.78 is 0. The Balaban J connectivity index is 1.73. The minimum atomic E-state index is 0.479. The monoisotopic (exact) mass is 247 g/mol. The minimum Gasteiger partial charge on any atom is -0.305 e. The minimum absolute atomic E-state index is 0.479. The molecule has 0 aromatic carbocycles. The predicted octanol–water partition coefficient (Wildman–Crippen LogP) is 4.29. The maximum atomic E-state index is 4.08. The van der Waals surface area contributed by atoms with Crippen molar-refractivity contribution in [1.29, 1.82) is 0 Å². The van der Waals surface area contributed by atoms with E-state index in [1.165, 1.54) is 51.4 Å². The average molecular weight is 247 g/mol. The Morgan fingerprint density at radius 1 is 1.06 bits per heavy atom. The summed E-state index contributed by atoms with van der Waals surface area (Å²) in [6.45, 7) is 4.94. The van der Waals surface area contributed by atoms with Crippen molar-refractivity contribution in [2.45, 2.75) is 76.8 Å². The van der Waals surface area contributed by atoms with Crippen LogP contribution in [0, 0.1) is 17.8 Å². The topological polar surface area (TPSA) is 12.0 Å². The van der Waals surface area contributed by atoms with Gasteiger partial charge in [-0.25, -0.2) is 0 Å². The van der Waals surface area contributed by atoms with E-state index in [1.807, 2.05) is 0 Å². The molecule has 1 N–H and O–H groups in total. The van der Waals surface area contributed by atoms with Gasteiger partial charge < -0.3 is 5.32 Å². The van der Waals surface area contributed by atoms with Crippen molar-refractivity contribution in [3.8, 4) is 0 Å². The van der Waals surface area contributed by atoms with Crippen LogP contribution < -0.4 is 5.32 Å². The Labute approximate surface area is 112 Å². The van der Waals surface area contributed by atoms with Crippen molar-refractivity contribution in [3.05, 3.63) is 12.2 Å². The molecule has 3 aliphatic carbocycles. The SMILES string of the molecule is CC1CC2CC(C)CC(NC3C=CCCC3)(C1)C2. The fourth-order valence-corrected chi connectivity index (χ4v) is 5.21. The van der Waals surface area contributed by atoms with Gasteiger partial charge in [0.2, 0.25) is 0 Å². The molecule has 0 heterocycles. The summed E-state index contributed by atoms with van der Waals surface area (Å²) in [5, 5.41) is 4.08. The first-order valence-electron chi connectivity index (χ1n) is 8.09. The highest BCUT2D eigenvalue weighted by Gasteiger charge is 2.44. The highest BCUT2D eigenvalue weighted by molar-refractivity contribution is 5.06. The van der Waals surface area contributed by atoms with Crippen LogP contribution in [0.5, 0.6) is 0 Å². The molecular weight excluding hydrogens is 218 g/mol. The van der Waals surface area contributed by atoms with Crippen molar-refractivity contribution in [2.24, 2.45) is 17.8 Å². The second-order valence-electron chi connectivity index (χ2n) is 7.55. The van der Waals surface area contributed by atoms with Gasteiger partial charge in [0.1, 0.15) is 0 Å². The maximum absolute atomic E-state index is 4.08.